The normalized spacial score (nSPS) is 24.3. The Hall–Kier alpha value is -1.05. The van der Waals surface area contributed by atoms with Crippen LogP contribution in [0.2, 0.25) is 0 Å². The molecule has 27 heavy (non-hydrogen) atoms. The minimum Gasteiger partial charge on any atom is -0.459 e. The molecule has 2 rings (SSSR count). The largest absolute Gasteiger partial charge is 0.459 e. The van der Waals surface area contributed by atoms with Crippen molar-refractivity contribution in [3.63, 3.8) is 0 Å². The van der Waals surface area contributed by atoms with Gasteiger partial charge in [-0.2, -0.15) is 0 Å². The summed E-state index contributed by atoms with van der Waals surface area (Å²) in [4.78, 5) is 12.7. The molecule has 2 heteroatoms. The number of carbonyl (C=O) groups is 1. The fourth-order valence-electron chi connectivity index (χ4n) is 4.41. The summed E-state index contributed by atoms with van der Waals surface area (Å²) < 4.78 is 5.96. The summed E-state index contributed by atoms with van der Waals surface area (Å²) in [6.07, 6.45) is 15.4. The van der Waals surface area contributed by atoms with Crippen LogP contribution in [0.25, 0.3) is 0 Å². The van der Waals surface area contributed by atoms with E-state index in [9.17, 15) is 4.79 Å². The van der Waals surface area contributed by atoms with Gasteiger partial charge in [-0.1, -0.05) is 72.6 Å². The molecule has 0 saturated heterocycles. The van der Waals surface area contributed by atoms with Crippen molar-refractivity contribution in [3.05, 3.63) is 23.8 Å². The Balaban J connectivity index is 2.03. The molecular formula is C25H42O2. The van der Waals surface area contributed by atoms with Gasteiger partial charge < -0.3 is 4.74 Å². The number of allylic oxidation sites excluding steroid dienone is 3. The fourth-order valence-corrected chi connectivity index (χ4v) is 4.41. The van der Waals surface area contributed by atoms with Gasteiger partial charge in [0.25, 0.3) is 0 Å². The van der Waals surface area contributed by atoms with Crippen molar-refractivity contribution < 1.29 is 9.53 Å². The third-order valence-corrected chi connectivity index (χ3v) is 6.85. The summed E-state index contributed by atoms with van der Waals surface area (Å²) >= 11 is 0. The highest BCUT2D eigenvalue weighted by Crippen LogP contribution is 2.43. The first kappa shape index (κ1) is 22.2. The second kappa shape index (κ2) is 8.53. The van der Waals surface area contributed by atoms with Crippen molar-refractivity contribution in [3.8, 4) is 0 Å². The van der Waals surface area contributed by atoms with Crippen LogP contribution in [0.1, 0.15) is 99.8 Å². The van der Waals surface area contributed by atoms with Crippen LogP contribution in [-0.4, -0.2) is 11.6 Å². The zero-order valence-electron chi connectivity index (χ0n) is 18.9. The van der Waals surface area contributed by atoms with Crippen molar-refractivity contribution in [1.82, 2.24) is 0 Å². The second-order valence-corrected chi connectivity index (χ2v) is 11.0. The second-order valence-electron chi connectivity index (χ2n) is 11.0. The molecular weight excluding hydrogens is 332 g/mol. The maximum absolute atomic E-state index is 12.7. The highest BCUT2D eigenvalue weighted by Gasteiger charge is 2.35. The van der Waals surface area contributed by atoms with E-state index in [0.717, 1.165) is 19.3 Å². The van der Waals surface area contributed by atoms with E-state index in [2.05, 4.69) is 66.7 Å². The van der Waals surface area contributed by atoms with Crippen LogP contribution < -0.4 is 0 Å². The van der Waals surface area contributed by atoms with E-state index in [1.54, 1.807) is 0 Å². The van der Waals surface area contributed by atoms with Crippen LogP contribution in [0, 0.1) is 22.7 Å². The molecule has 2 aliphatic carbocycles. The number of hydrogen-bond donors (Lipinski definition) is 0. The van der Waals surface area contributed by atoms with E-state index in [1.807, 2.05) is 0 Å². The van der Waals surface area contributed by atoms with E-state index in [4.69, 9.17) is 4.74 Å². The van der Waals surface area contributed by atoms with Crippen LogP contribution in [0.3, 0.4) is 0 Å². The number of ether oxygens (including phenoxy) is 1. The first-order chi connectivity index (χ1) is 12.5. The molecule has 1 saturated carbocycles. The first-order valence-corrected chi connectivity index (χ1v) is 11.1. The summed E-state index contributed by atoms with van der Waals surface area (Å²) in [5, 5.41) is 0. The molecule has 2 unspecified atom stereocenters. The predicted octanol–water partition coefficient (Wildman–Crippen LogP) is 7.24. The Morgan fingerprint density at radius 2 is 1.81 bits per heavy atom. The lowest BCUT2D eigenvalue weighted by molar-refractivity contribution is -0.164. The zero-order chi connectivity index (χ0) is 20.3. The maximum Gasteiger partial charge on any atom is 0.313 e. The zero-order valence-corrected chi connectivity index (χ0v) is 18.9. The Kier molecular flexibility index (Phi) is 7.03. The summed E-state index contributed by atoms with van der Waals surface area (Å²) in [7, 11) is 0. The summed E-state index contributed by atoms with van der Waals surface area (Å²) in [6.45, 7) is 16.1. The molecule has 2 aliphatic rings. The predicted molar refractivity (Wildman–Crippen MR) is 115 cm³/mol. The molecule has 0 N–H and O–H groups in total. The lowest BCUT2D eigenvalue weighted by atomic mass is 9.66. The van der Waals surface area contributed by atoms with Gasteiger partial charge in [0.2, 0.25) is 0 Å². The van der Waals surface area contributed by atoms with Gasteiger partial charge >= 0.3 is 5.97 Å². The third-order valence-electron chi connectivity index (χ3n) is 6.85. The van der Waals surface area contributed by atoms with Gasteiger partial charge in [-0.25, -0.2) is 0 Å². The molecule has 0 aromatic rings. The molecule has 0 radical (unpaired) electrons. The lowest BCUT2D eigenvalue weighted by Gasteiger charge is -2.39. The van der Waals surface area contributed by atoms with E-state index in [-0.39, 0.29) is 22.9 Å². The molecule has 0 aliphatic heterocycles. The SMILES string of the molecule is CCC(C)(C)CC(C1=CCC(C(=O)OC2(C)CCCCC2)C=C1)C(C)(C)C. The molecule has 0 spiro atoms. The minimum absolute atomic E-state index is 0.0350. The standard InChI is InChI=1S/C25H42O2/c1-8-24(5,6)18-21(23(2,3)4)19-12-14-20(15-13-19)22(26)27-25(7)16-10-9-11-17-25/h12-14,20-21H,8-11,15-18H2,1-7H3. The van der Waals surface area contributed by atoms with E-state index < -0.39 is 0 Å². The Bertz CT molecular complexity index is 568. The van der Waals surface area contributed by atoms with Gasteiger partial charge in [-0.3, -0.25) is 4.79 Å². The minimum atomic E-state index is -0.244. The quantitative estimate of drug-likeness (QED) is 0.458. The highest BCUT2D eigenvalue weighted by molar-refractivity contribution is 5.75. The topological polar surface area (TPSA) is 26.3 Å². The molecule has 1 fully saturated rings. The average Bonchev–Trinajstić information content (AvgIpc) is 2.59. The van der Waals surface area contributed by atoms with Crippen molar-refractivity contribution in [2.45, 2.75) is 105 Å². The van der Waals surface area contributed by atoms with Crippen molar-refractivity contribution in [2.24, 2.45) is 22.7 Å². The fraction of sp³-hybridized carbons (Fsp3) is 0.800. The van der Waals surface area contributed by atoms with E-state index >= 15 is 0 Å². The number of esters is 1. The number of rotatable bonds is 6. The summed E-state index contributed by atoms with van der Waals surface area (Å²) in [5.74, 6) is 0.357. The van der Waals surface area contributed by atoms with E-state index in [0.29, 0.717) is 11.3 Å². The number of carbonyl (C=O) groups excluding carboxylic acids is 1. The van der Waals surface area contributed by atoms with Gasteiger partial charge in [0.05, 0.1) is 5.92 Å². The molecule has 0 heterocycles. The Labute approximate surface area is 167 Å². The van der Waals surface area contributed by atoms with Gasteiger partial charge in [0.15, 0.2) is 0 Å². The smallest absolute Gasteiger partial charge is 0.313 e. The number of hydrogen-bond acceptors (Lipinski definition) is 2. The monoisotopic (exact) mass is 374 g/mol. The van der Waals surface area contributed by atoms with Crippen LogP contribution >= 0.6 is 0 Å². The van der Waals surface area contributed by atoms with Crippen LogP contribution in [0.4, 0.5) is 0 Å². The van der Waals surface area contributed by atoms with Crippen molar-refractivity contribution >= 4 is 5.97 Å². The molecule has 0 amide bonds. The molecule has 154 valence electrons. The summed E-state index contributed by atoms with van der Waals surface area (Å²) in [5.41, 5.74) is 1.70. The van der Waals surface area contributed by atoms with Crippen LogP contribution in [0.5, 0.6) is 0 Å². The van der Waals surface area contributed by atoms with Gasteiger partial charge in [-0.05, 0) is 67.8 Å². The van der Waals surface area contributed by atoms with Gasteiger partial charge in [-0.15, -0.1) is 0 Å². The van der Waals surface area contributed by atoms with Crippen LogP contribution in [-0.2, 0) is 9.53 Å². The molecule has 0 aromatic heterocycles. The van der Waals surface area contributed by atoms with Gasteiger partial charge in [0.1, 0.15) is 5.60 Å². The van der Waals surface area contributed by atoms with Crippen molar-refractivity contribution in [2.75, 3.05) is 0 Å². The third kappa shape index (κ3) is 6.22. The summed E-state index contributed by atoms with van der Waals surface area (Å²) in [6, 6.07) is 0. The van der Waals surface area contributed by atoms with Crippen molar-refractivity contribution in [1.29, 1.82) is 0 Å². The first-order valence-electron chi connectivity index (χ1n) is 11.1. The maximum atomic E-state index is 12.7. The molecule has 2 nitrogen and oxygen atoms in total. The molecule has 2 atom stereocenters. The average molecular weight is 375 g/mol. The lowest BCUT2D eigenvalue weighted by Crippen LogP contribution is -2.36. The highest BCUT2D eigenvalue weighted by atomic mass is 16.6. The molecule has 0 aromatic carbocycles. The Morgan fingerprint density at radius 3 is 2.30 bits per heavy atom. The Morgan fingerprint density at radius 1 is 1.19 bits per heavy atom. The van der Waals surface area contributed by atoms with Crippen LogP contribution in [0.15, 0.2) is 23.8 Å². The van der Waals surface area contributed by atoms with E-state index in [1.165, 1.54) is 37.7 Å². The van der Waals surface area contributed by atoms with Gasteiger partial charge in [0, 0.05) is 0 Å². The molecule has 0 bridgehead atoms.